The van der Waals surface area contributed by atoms with Gasteiger partial charge in [0, 0.05) is 0 Å². The minimum absolute atomic E-state index is 0.0176. The van der Waals surface area contributed by atoms with E-state index in [1.54, 1.807) is 0 Å². The number of aryl methyl sites for hydroxylation is 2. The monoisotopic (exact) mass is 369 g/mol. The van der Waals surface area contributed by atoms with Gasteiger partial charge in [-0.2, -0.15) is 0 Å². The number of hydrogen-bond donors (Lipinski definition) is 1. The van der Waals surface area contributed by atoms with Crippen molar-refractivity contribution >= 4 is 5.91 Å². The molecule has 27 heavy (non-hydrogen) atoms. The van der Waals surface area contributed by atoms with E-state index in [0.717, 1.165) is 22.6 Å². The van der Waals surface area contributed by atoms with Gasteiger partial charge in [0.1, 0.15) is 19.0 Å². The third-order valence-electron chi connectivity index (χ3n) is 4.76. The number of benzene rings is 2. The molecular weight excluding hydrogens is 342 g/mol. The minimum Gasteiger partial charge on any atom is -0.486 e. The lowest BCUT2D eigenvalue weighted by Crippen LogP contribution is -2.35. The minimum atomic E-state index is -0.151. The standard InChI is InChI=1S/C22H27NO4/c1-14(2)22(17-6-8-19-20(12-17)26-10-9-25-19)23-21(24)13-27-18-7-5-15(3)16(4)11-18/h5-8,11-12,14,22H,9-10,13H2,1-4H3,(H,23,24). The third kappa shape index (κ3) is 4.73. The molecule has 1 atom stereocenters. The molecule has 2 aromatic rings. The number of nitrogens with one attached hydrogen (secondary N) is 1. The van der Waals surface area contributed by atoms with Crippen molar-refractivity contribution in [2.24, 2.45) is 5.92 Å². The van der Waals surface area contributed by atoms with Gasteiger partial charge in [-0.25, -0.2) is 0 Å². The summed E-state index contributed by atoms with van der Waals surface area (Å²) < 4.78 is 16.9. The summed E-state index contributed by atoms with van der Waals surface area (Å²) in [6, 6.07) is 11.5. The summed E-state index contributed by atoms with van der Waals surface area (Å²) in [5.41, 5.74) is 3.34. The number of fused-ring (bicyclic) bond motifs is 1. The zero-order valence-corrected chi connectivity index (χ0v) is 16.4. The predicted octanol–water partition coefficient (Wildman–Crippen LogP) is 3.97. The van der Waals surface area contributed by atoms with Gasteiger partial charge in [0.05, 0.1) is 6.04 Å². The molecule has 1 unspecified atom stereocenters. The van der Waals surface area contributed by atoms with Crippen LogP contribution in [0.4, 0.5) is 0 Å². The summed E-state index contributed by atoms with van der Waals surface area (Å²) in [7, 11) is 0. The Bertz CT molecular complexity index is 816. The van der Waals surface area contributed by atoms with E-state index in [4.69, 9.17) is 14.2 Å². The highest BCUT2D eigenvalue weighted by atomic mass is 16.6. The van der Waals surface area contributed by atoms with Crippen molar-refractivity contribution in [2.75, 3.05) is 19.8 Å². The van der Waals surface area contributed by atoms with E-state index in [9.17, 15) is 4.79 Å². The fourth-order valence-electron chi connectivity index (χ4n) is 3.06. The summed E-state index contributed by atoms with van der Waals surface area (Å²) in [5.74, 6) is 2.25. The Labute approximate surface area is 160 Å². The number of amides is 1. The van der Waals surface area contributed by atoms with E-state index in [0.29, 0.717) is 19.0 Å². The summed E-state index contributed by atoms with van der Waals surface area (Å²) in [5, 5.41) is 3.08. The molecule has 5 nitrogen and oxygen atoms in total. The van der Waals surface area contributed by atoms with Gasteiger partial charge < -0.3 is 19.5 Å². The molecule has 1 heterocycles. The molecule has 5 heteroatoms. The molecule has 0 radical (unpaired) electrons. The van der Waals surface area contributed by atoms with E-state index >= 15 is 0 Å². The van der Waals surface area contributed by atoms with Gasteiger partial charge in [0.25, 0.3) is 5.91 Å². The average Bonchev–Trinajstić information content (AvgIpc) is 2.66. The zero-order valence-electron chi connectivity index (χ0n) is 16.4. The van der Waals surface area contributed by atoms with Crippen molar-refractivity contribution in [3.05, 3.63) is 53.1 Å². The molecular formula is C22H27NO4. The van der Waals surface area contributed by atoms with Crippen LogP contribution in [0.3, 0.4) is 0 Å². The maximum absolute atomic E-state index is 12.5. The predicted molar refractivity (Wildman–Crippen MR) is 105 cm³/mol. The molecule has 1 amide bonds. The van der Waals surface area contributed by atoms with Crippen LogP contribution in [0.25, 0.3) is 0 Å². The quantitative estimate of drug-likeness (QED) is 0.837. The molecule has 0 fully saturated rings. The Morgan fingerprint density at radius 2 is 1.78 bits per heavy atom. The first-order valence-corrected chi connectivity index (χ1v) is 9.33. The van der Waals surface area contributed by atoms with Crippen molar-refractivity contribution in [1.82, 2.24) is 5.32 Å². The zero-order chi connectivity index (χ0) is 19.4. The smallest absolute Gasteiger partial charge is 0.258 e. The van der Waals surface area contributed by atoms with Gasteiger partial charge in [-0.1, -0.05) is 26.0 Å². The molecule has 1 aliphatic rings. The lowest BCUT2D eigenvalue weighted by Gasteiger charge is -2.25. The summed E-state index contributed by atoms with van der Waals surface area (Å²) >= 11 is 0. The highest BCUT2D eigenvalue weighted by Gasteiger charge is 2.21. The van der Waals surface area contributed by atoms with Crippen LogP contribution in [0.5, 0.6) is 17.2 Å². The summed E-state index contributed by atoms with van der Waals surface area (Å²) in [4.78, 5) is 12.5. The van der Waals surface area contributed by atoms with E-state index in [1.807, 2.05) is 50.2 Å². The second kappa shape index (κ2) is 8.33. The third-order valence-corrected chi connectivity index (χ3v) is 4.76. The largest absolute Gasteiger partial charge is 0.486 e. The molecule has 0 spiro atoms. The van der Waals surface area contributed by atoms with Crippen molar-refractivity contribution in [3.8, 4) is 17.2 Å². The van der Waals surface area contributed by atoms with Crippen LogP contribution in [0.2, 0.25) is 0 Å². The number of rotatable bonds is 6. The normalized spacial score (nSPS) is 14.0. The van der Waals surface area contributed by atoms with E-state index in [-0.39, 0.29) is 24.5 Å². The highest BCUT2D eigenvalue weighted by Crippen LogP contribution is 2.34. The molecule has 3 rings (SSSR count). The Morgan fingerprint density at radius 3 is 2.48 bits per heavy atom. The fourth-order valence-corrected chi connectivity index (χ4v) is 3.06. The van der Waals surface area contributed by atoms with Gasteiger partial charge in [-0.15, -0.1) is 0 Å². The van der Waals surface area contributed by atoms with Crippen molar-refractivity contribution in [3.63, 3.8) is 0 Å². The van der Waals surface area contributed by atoms with Gasteiger partial charge in [0.2, 0.25) is 0 Å². The van der Waals surface area contributed by atoms with Crippen LogP contribution >= 0.6 is 0 Å². The number of carbonyl (C=O) groups excluding carboxylic acids is 1. The lowest BCUT2D eigenvalue weighted by molar-refractivity contribution is -0.124. The summed E-state index contributed by atoms with van der Waals surface area (Å²) in [6.07, 6.45) is 0. The maximum Gasteiger partial charge on any atom is 0.258 e. The Kier molecular flexibility index (Phi) is 5.89. The van der Waals surface area contributed by atoms with Gasteiger partial charge in [-0.3, -0.25) is 4.79 Å². The molecule has 0 bridgehead atoms. The van der Waals surface area contributed by atoms with Crippen molar-refractivity contribution in [1.29, 1.82) is 0 Å². The topological polar surface area (TPSA) is 56.8 Å². The van der Waals surface area contributed by atoms with Crippen molar-refractivity contribution in [2.45, 2.75) is 33.7 Å². The molecule has 1 aliphatic heterocycles. The van der Waals surface area contributed by atoms with Crippen LogP contribution < -0.4 is 19.5 Å². The second-order valence-corrected chi connectivity index (χ2v) is 7.23. The van der Waals surface area contributed by atoms with Crippen LogP contribution in [0, 0.1) is 19.8 Å². The summed E-state index contributed by atoms with van der Waals surface area (Å²) in [6.45, 7) is 9.31. The molecule has 0 saturated carbocycles. The van der Waals surface area contributed by atoms with Crippen LogP contribution in [0.15, 0.2) is 36.4 Å². The number of hydrogen-bond acceptors (Lipinski definition) is 4. The van der Waals surface area contributed by atoms with Crippen LogP contribution in [-0.4, -0.2) is 25.7 Å². The van der Waals surface area contributed by atoms with E-state index in [2.05, 4.69) is 19.2 Å². The molecule has 2 aromatic carbocycles. The first-order chi connectivity index (χ1) is 12.9. The molecule has 144 valence electrons. The van der Waals surface area contributed by atoms with Gasteiger partial charge in [-0.05, 0) is 60.7 Å². The number of ether oxygens (including phenoxy) is 3. The Morgan fingerprint density at radius 1 is 1.04 bits per heavy atom. The van der Waals surface area contributed by atoms with Crippen molar-refractivity contribution < 1.29 is 19.0 Å². The fraction of sp³-hybridized carbons (Fsp3) is 0.409. The maximum atomic E-state index is 12.5. The number of carbonyl (C=O) groups is 1. The lowest BCUT2D eigenvalue weighted by atomic mass is 9.95. The average molecular weight is 369 g/mol. The Balaban J connectivity index is 1.65. The van der Waals surface area contributed by atoms with E-state index < -0.39 is 0 Å². The highest BCUT2D eigenvalue weighted by molar-refractivity contribution is 5.78. The van der Waals surface area contributed by atoms with Gasteiger partial charge >= 0.3 is 0 Å². The molecule has 0 aromatic heterocycles. The molecule has 0 aliphatic carbocycles. The van der Waals surface area contributed by atoms with Crippen LogP contribution in [0.1, 0.15) is 36.6 Å². The van der Waals surface area contributed by atoms with Gasteiger partial charge in [0.15, 0.2) is 18.1 Å². The first kappa shape index (κ1) is 19.1. The molecule has 0 saturated heterocycles. The molecule has 1 N–H and O–H groups in total. The van der Waals surface area contributed by atoms with Crippen LogP contribution in [-0.2, 0) is 4.79 Å². The SMILES string of the molecule is Cc1ccc(OCC(=O)NC(c2ccc3c(c2)OCCO3)C(C)C)cc1C. The van der Waals surface area contributed by atoms with E-state index in [1.165, 1.54) is 5.56 Å². The Hall–Kier alpha value is -2.69. The first-order valence-electron chi connectivity index (χ1n) is 9.33. The second-order valence-electron chi connectivity index (χ2n) is 7.23.